The lowest BCUT2D eigenvalue weighted by Gasteiger charge is -2.34. The van der Waals surface area contributed by atoms with E-state index < -0.39 is 0 Å². The summed E-state index contributed by atoms with van der Waals surface area (Å²) in [6.07, 6.45) is 3.66. The van der Waals surface area contributed by atoms with Gasteiger partial charge in [-0.25, -0.2) is 0 Å². The fourth-order valence-corrected chi connectivity index (χ4v) is 3.21. The normalized spacial score (nSPS) is 24.3. The van der Waals surface area contributed by atoms with Crippen LogP contribution in [0.15, 0.2) is 18.2 Å². The molecule has 4 nitrogen and oxygen atoms in total. The topological polar surface area (TPSA) is 52.6 Å². The van der Waals surface area contributed by atoms with E-state index in [1.807, 2.05) is 19.2 Å². The molecule has 0 atom stereocenters. The van der Waals surface area contributed by atoms with Gasteiger partial charge in [-0.3, -0.25) is 4.79 Å². The predicted molar refractivity (Wildman–Crippen MR) is 78.9 cm³/mol. The van der Waals surface area contributed by atoms with Gasteiger partial charge in [-0.05, 0) is 43.2 Å². The van der Waals surface area contributed by atoms with Gasteiger partial charge in [0.15, 0.2) is 0 Å². The Hall–Kier alpha value is -1.55. The van der Waals surface area contributed by atoms with Crippen molar-refractivity contribution in [3.63, 3.8) is 0 Å². The third-order valence-electron chi connectivity index (χ3n) is 4.40. The number of amides is 1. The van der Waals surface area contributed by atoms with Crippen molar-refractivity contribution in [2.45, 2.75) is 31.8 Å². The number of para-hydroxylation sites is 1. The van der Waals surface area contributed by atoms with Crippen molar-refractivity contribution in [3.05, 3.63) is 29.3 Å². The molecule has 0 bridgehead atoms. The second-order valence-corrected chi connectivity index (χ2v) is 6.05. The minimum absolute atomic E-state index is 0.0811. The van der Waals surface area contributed by atoms with E-state index in [0.717, 1.165) is 50.0 Å². The molecule has 3 rings (SSSR count). The first-order valence-electron chi connectivity index (χ1n) is 7.44. The fraction of sp³-hybridized carbons (Fsp3) is 0.562. The number of aryl methyl sites for hydroxylation is 1. The third-order valence-corrected chi connectivity index (χ3v) is 4.40. The molecule has 1 heterocycles. The maximum Gasteiger partial charge on any atom is 0.255 e. The molecular formula is C16H22N2O2. The summed E-state index contributed by atoms with van der Waals surface area (Å²) in [5.41, 5.74) is 3.04. The van der Waals surface area contributed by atoms with E-state index in [4.69, 9.17) is 0 Å². The van der Waals surface area contributed by atoms with Crippen LogP contribution in [0, 0.1) is 5.92 Å². The summed E-state index contributed by atoms with van der Waals surface area (Å²) in [4.78, 5) is 14.4. The highest BCUT2D eigenvalue weighted by molar-refractivity contribution is 6.00. The van der Waals surface area contributed by atoms with Gasteiger partial charge in [-0.2, -0.15) is 0 Å². The van der Waals surface area contributed by atoms with E-state index in [-0.39, 0.29) is 12.0 Å². The number of rotatable bonds is 3. The predicted octanol–water partition coefficient (Wildman–Crippen LogP) is 1.89. The summed E-state index contributed by atoms with van der Waals surface area (Å²) in [6, 6.07) is 5.98. The Balaban J connectivity index is 1.73. The van der Waals surface area contributed by atoms with Crippen molar-refractivity contribution in [2.75, 3.05) is 25.5 Å². The molecule has 1 aliphatic carbocycles. The average molecular weight is 274 g/mol. The van der Waals surface area contributed by atoms with Gasteiger partial charge in [0.05, 0.1) is 17.4 Å². The number of nitrogens with zero attached hydrogens (tertiary/aromatic N) is 1. The van der Waals surface area contributed by atoms with Crippen molar-refractivity contribution < 1.29 is 9.90 Å². The van der Waals surface area contributed by atoms with Crippen molar-refractivity contribution in [1.29, 1.82) is 0 Å². The molecule has 0 radical (unpaired) electrons. The number of nitrogens with one attached hydrogen (secondary N) is 1. The van der Waals surface area contributed by atoms with Crippen molar-refractivity contribution >= 4 is 11.6 Å². The molecule has 0 spiro atoms. The van der Waals surface area contributed by atoms with Crippen LogP contribution in [0.5, 0.6) is 0 Å². The number of aliphatic hydroxyl groups is 1. The summed E-state index contributed by atoms with van der Waals surface area (Å²) in [7, 11) is 1.86. The van der Waals surface area contributed by atoms with Crippen LogP contribution in [0.25, 0.3) is 0 Å². The second kappa shape index (κ2) is 5.44. The van der Waals surface area contributed by atoms with Crippen LogP contribution >= 0.6 is 0 Å². The molecule has 0 aromatic heterocycles. The van der Waals surface area contributed by atoms with Gasteiger partial charge in [0.2, 0.25) is 0 Å². The molecule has 4 heteroatoms. The molecule has 2 N–H and O–H groups in total. The van der Waals surface area contributed by atoms with Gasteiger partial charge < -0.3 is 15.3 Å². The zero-order chi connectivity index (χ0) is 14.1. The highest BCUT2D eigenvalue weighted by Crippen LogP contribution is 2.30. The molecule has 108 valence electrons. The number of carbonyl (C=O) groups excluding carboxylic acids is 1. The van der Waals surface area contributed by atoms with Crippen LogP contribution in [0.3, 0.4) is 0 Å². The lowest BCUT2D eigenvalue weighted by Crippen LogP contribution is -2.39. The molecule has 1 aliphatic heterocycles. The van der Waals surface area contributed by atoms with E-state index in [1.54, 1.807) is 4.90 Å². The Morgan fingerprint density at radius 3 is 3.00 bits per heavy atom. The first-order valence-corrected chi connectivity index (χ1v) is 7.44. The standard InChI is InChI=1S/C16H22N2O2/c1-18(10-11-8-13(19)9-11)16(20)14-6-2-4-12-5-3-7-17-15(12)14/h2,4,6,11,13,17,19H,3,5,7-10H2,1H3. The van der Waals surface area contributed by atoms with Gasteiger partial charge in [0.1, 0.15) is 0 Å². The summed E-state index contributed by atoms with van der Waals surface area (Å²) in [5.74, 6) is 0.532. The Morgan fingerprint density at radius 2 is 2.25 bits per heavy atom. The zero-order valence-electron chi connectivity index (χ0n) is 11.9. The van der Waals surface area contributed by atoms with Gasteiger partial charge >= 0.3 is 0 Å². The van der Waals surface area contributed by atoms with E-state index in [9.17, 15) is 9.90 Å². The van der Waals surface area contributed by atoms with Gasteiger partial charge in [0, 0.05) is 20.1 Å². The number of fused-ring (bicyclic) bond motifs is 1. The number of aliphatic hydroxyl groups excluding tert-OH is 1. The van der Waals surface area contributed by atoms with E-state index >= 15 is 0 Å². The number of anilines is 1. The SMILES string of the molecule is CN(CC1CC(O)C1)C(=O)c1cccc2c1NCCC2. The minimum atomic E-state index is -0.158. The molecule has 20 heavy (non-hydrogen) atoms. The van der Waals surface area contributed by atoms with Crippen molar-refractivity contribution in [2.24, 2.45) is 5.92 Å². The second-order valence-electron chi connectivity index (χ2n) is 6.05. The van der Waals surface area contributed by atoms with Crippen LogP contribution in [0.2, 0.25) is 0 Å². The molecule has 1 aromatic rings. The molecular weight excluding hydrogens is 252 g/mol. The highest BCUT2D eigenvalue weighted by Gasteiger charge is 2.30. The summed E-state index contributed by atoms with van der Waals surface area (Å²) in [6.45, 7) is 1.68. The largest absolute Gasteiger partial charge is 0.393 e. The Labute approximate surface area is 119 Å². The fourth-order valence-electron chi connectivity index (χ4n) is 3.21. The number of benzene rings is 1. The molecule has 1 aromatic carbocycles. The third kappa shape index (κ3) is 2.52. The summed E-state index contributed by atoms with van der Waals surface area (Å²) in [5, 5.41) is 12.7. The lowest BCUT2D eigenvalue weighted by atomic mass is 9.82. The maximum atomic E-state index is 12.6. The Kier molecular flexibility index (Phi) is 3.66. The van der Waals surface area contributed by atoms with E-state index in [0.29, 0.717) is 5.92 Å². The van der Waals surface area contributed by atoms with Crippen molar-refractivity contribution in [1.82, 2.24) is 4.90 Å². The van der Waals surface area contributed by atoms with Crippen LogP contribution in [0.4, 0.5) is 5.69 Å². The summed E-state index contributed by atoms with van der Waals surface area (Å²) >= 11 is 0. The lowest BCUT2D eigenvalue weighted by molar-refractivity contribution is 0.0265. The van der Waals surface area contributed by atoms with Crippen LogP contribution < -0.4 is 5.32 Å². The minimum Gasteiger partial charge on any atom is -0.393 e. The van der Waals surface area contributed by atoms with Gasteiger partial charge in [0.25, 0.3) is 5.91 Å². The number of carbonyl (C=O) groups is 1. The quantitative estimate of drug-likeness (QED) is 0.885. The molecule has 1 saturated carbocycles. The first-order chi connectivity index (χ1) is 9.65. The monoisotopic (exact) mass is 274 g/mol. The van der Waals surface area contributed by atoms with Crippen LogP contribution in [-0.2, 0) is 6.42 Å². The maximum absolute atomic E-state index is 12.6. The molecule has 0 saturated heterocycles. The Bertz CT molecular complexity index is 509. The average Bonchev–Trinajstić information content (AvgIpc) is 2.44. The molecule has 2 aliphatic rings. The highest BCUT2D eigenvalue weighted by atomic mass is 16.3. The number of hydrogen-bond donors (Lipinski definition) is 2. The molecule has 1 fully saturated rings. The summed E-state index contributed by atoms with van der Waals surface area (Å²) < 4.78 is 0. The first kappa shape index (κ1) is 13.4. The van der Waals surface area contributed by atoms with E-state index in [2.05, 4.69) is 11.4 Å². The number of hydrogen-bond acceptors (Lipinski definition) is 3. The van der Waals surface area contributed by atoms with E-state index in [1.165, 1.54) is 5.56 Å². The van der Waals surface area contributed by atoms with Crippen LogP contribution in [-0.4, -0.2) is 42.2 Å². The van der Waals surface area contributed by atoms with Gasteiger partial charge in [-0.1, -0.05) is 12.1 Å². The molecule has 1 amide bonds. The Morgan fingerprint density at radius 1 is 1.45 bits per heavy atom. The van der Waals surface area contributed by atoms with Gasteiger partial charge in [-0.15, -0.1) is 0 Å². The van der Waals surface area contributed by atoms with Crippen LogP contribution in [0.1, 0.15) is 35.2 Å². The van der Waals surface area contributed by atoms with Crippen molar-refractivity contribution in [3.8, 4) is 0 Å². The molecule has 0 unspecified atom stereocenters. The smallest absolute Gasteiger partial charge is 0.255 e. The zero-order valence-corrected chi connectivity index (χ0v) is 11.9.